The molecule has 7 nitrogen and oxygen atoms in total. The van der Waals surface area contributed by atoms with Gasteiger partial charge in [-0.1, -0.05) is 60.2 Å². The molecule has 3 rings (SSSR count). The van der Waals surface area contributed by atoms with E-state index in [-0.39, 0.29) is 29.1 Å². The van der Waals surface area contributed by atoms with Crippen molar-refractivity contribution in [1.82, 2.24) is 10.2 Å². The maximum atomic E-state index is 14.9. The van der Waals surface area contributed by atoms with Gasteiger partial charge in [0.25, 0.3) is 10.0 Å². The lowest BCUT2D eigenvalue weighted by molar-refractivity contribution is -0.139. The minimum Gasteiger partial charge on any atom is -0.352 e. The highest BCUT2D eigenvalue weighted by atomic mass is 32.2. The number of sulfonamides is 1. The van der Waals surface area contributed by atoms with Crippen LogP contribution in [0.5, 0.6) is 0 Å². The fourth-order valence-electron chi connectivity index (χ4n) is 3.76. The second kappa shape index (κ2) is 12.0. The van der Waals surface area contributed by atoms with Gasteiger partial charge in [0, 0.05) is 12.6 Å². The van der Waals surface area contributed by atoms with Gasteiger partial charge < -0.3 is 10.2 Å². The molecule has 0 aliphatic heterocycles. The Hall–Kier alpha value is -3.72. The molecule has 0 aromatic heterocycles. The molecule has 37 heavy (non-hydrogen) atoms. The molecule has 1 unspecified atom stereocenters. The normalized spacial score (nSPS) is 12.2. The molecule has 0 fully saturated rings. The highest BCUT2D eigenvalue weighted by molar-refractivity contribution is 7.92. The molecule has 2 amide bonds. The van der Waals surface area contributed by atoms with Crippen LogP contribution in [0.15, 0.2) is 83.8 Å². The minimum absolute atomic E-state index is 0.0717. The summed E-state index contributed by atoms with van der Waals surface area (Å²) in [6.45, 7) is 6.52. The van der Waals surface area contributed by atoms with Crippen LogP contribution < -0.4 is 9.62 Å². The number of carbonyl (C=O) groups is 2. The second-order valence-corrected chi connectivity index (χ2v) is 11.0. The Morgan fingerprint density at radius 2 is 1.49 bits per heavy atom. The van der Waals surface area contributed by atoms with Crippen LogP contribution in [0.3, 0.4) is 0 Å². The van der Waals surface area contributed by atoms with Gasteiger partial charge in [0.15, 0.2) is 0 Å². The van der Waals surface area contributed by atoms with Crippen molar-refractivity contribution in [2.75, 3.05) is 10.8 Å². The van der Waals surface area contributed by atoms with Crippen molar-refractivity contribution in [3.05, 3.63) is 95.8 Å². The predicted octanol–water partition coefficient (Wildman–Crippen LogP) is 4.27. The fourth-order valence-corrected chi connectivity index (χ4v) is 5.21. The highest BCUT2D eigenvalue weighted by Gasteiger charge is 2.33. The van der Waals surface area contributed by atoms with Crippen LogP contribution in [0.25, 0.3) is 0 Å². The second-order valence-electron chi connectivity index (χ2n) is 9.12. The minimum atomic E-state index is -4.30. The number of hydrogen-bond acceptors (Lipinski definition) is 4. The first-order valence-corrected chi connectivity index (χ1v) is 13.4. The SMILES string of the molecule is Cc1ccc(CN(C(=O)CN(c2ccccc2F)S(=O)(=O)c2ccccc2)C(C)C(=O)NC(C)C)cc1. The van der Waals surface area contributed by atoms with E-state index in [9.17, 15) is 22.4 Å². The van der Waals surface area contributed by atoms with E-state index in [2.05, 4.69) is 5.32 Å². The summed E-state index contributed by atoms with van der Waals surface area (Å²) >= 11 is 0. The Morgan fingerprint density at radius 3 is 2.08 bits per heavy atom. The number of para-hydroxylation sites is 1. The maximum Gasteiger partial charge on any atom is 0.264 e. The molecular formula is C28H32FN3O4S. The molecule has 0 saturated carbocycles. The first-order chi connectivity index (χ1) is 17.5. The highest BCUT2D eigenvalue weighted by Crippen LogP contribution is 2.26. The van der Waals surface area contributed by atoms with Gasteiger partial charge in [-0.05, 0) is 57.5 Å². The van der Waals surface area contributed by atoms with Gasteiger partial charge in [0.2, 0.25) is 11.8 Å². The zero-order valence-corrected chi connectivity index (χ0v) is 22.2. The van der Waals surface area contributed by atoms with E-state index >= 15 is 0 Å². The summed E-state index contributed by atoms with van der Waals surface area (Å²) in [5, 5.41) is 2.80. The molecule has 0 bridgehead atoms. The Labute approximate surface area is 218 Å². The van der Waals surface area contributed by atoms with E-state index in [1.54, 1.807) is 25.1 Å². The summed E-state index contributed by atoms with van der Waals surface area (Å²) < 4.78 is 42.8. The van der Waals surface area contributed by atoms with Crippen molar-refractivity contribution in [3.8, 4) is 0 Å². The number of nitrogens with zero attached hydrogens (tertiary/aromatic N) is 2. The standard InChI is InChI=1S/C28H32FN3O4S/c1-20(2)30-28(34)22(4)31(18-23-16-14-21(3)15-17-23)27(33)19-32(26-13-9-8-12-25(26)29)37(35,36)24-10-6-5-7-11-24/h5-17,20,22H,18-19H2,1-4H3,(H,30,34). The number of carbonyl (C=O) groups excluding carboxylic acids is 2. The van der Waals surface area contributed by atoms with Crippen molar-refractivity contribution in [2.24, 2.45) is 0 Å². The lowest BCUT2D eigenvalue weighted by Gasteiger charge is -2.32. The van der Waals surface area contributed by atoms with Crippen LogP contribution in [0.4, 0.5) is 10.1 Å². The van der Waals surface area contributed by atoms with Crippen LogP contribution in [0.2, 0.25) is 0 Å². The first kappa shape index (κ1) is 27.9. The van der Waals surface area contributed by atoms with Gasteiger partial charge in [0.1, 0.15) is 18.4 Å². The summed E-state index contributed by atoms with van der Waals surface area (Å²) in [6.07, 6.45) is 0. The summed E-state index contributed by atoms with van der Waals surface area (Å²) in [7, 11) is -4.30. The average Bonchev–Trinajstić information content (AvgIpc) is 2.87. The summed E-state index contributed by atoms with van der Waals surface area (Å²) in [5.74, 6) is -1.81. The average molecular weight is 526 g/mol. The molecule has 9 heteroatoms. The molecule has 0 heterocycles. The van der Waals surface area contributed by atoms with Crippen molar-refractivity contribution in [3.63, 3.8) is 0 Å². The quantitative estimate of drug-likeness (QED) is 0.428. The smallest absolute Gasteiger partial charge is 0.264 e. The van der Waals surface area contributed by atoms with Gasteiger partial charge in [-0.25, -0.2) is 12.8 Å². The molecule has 3 aromatic carbocycles. The van der Waals surface area contributed by atoms with Crippen LogP contribution in [0.1, 0.15) is 31.9 Å². The summed E-state index contributed by atoms with van der Waals surface area (Å²) in [5.41, 5.74) is 1.55. The number of amides is 2. The van der Waals surface area contributed by atoms with Crippen molar-refractivity contribution in [2.45, 2.75) is 51.2 Å². The number of hydrogen-bond donors (Lipinski definition) is 1. The number of nitrogens with one attached hydrogen (secondary N) is 1. The van der Waals surface area contributed by atoms with Crippen LogP contribution in [-0.2, 0) is 26.2 Å². The molecule has 1 N–H and O–H groups in total. The molecule has 0 aliphatic rings. The molecule has 0 radical (unpaired) electrons. The van der Waals surface area contributed by atoms with Crippen molar-refractivity contribution in [1.29, 1.82) is 0 Å². The molecule has 0 aliphatic carbocycles. The molecule has 0 saturated heterocycles. The molecule has 3 aromatic rings. The van der Waals surface area contributed by atoms with E-state index in [0.717, 1.165) is 21.5 Å². The third-order valence-corrected chi connectivity index (χ3v) is 7.58. The van der Waals surface area contributed by atoms with E-state index in [0.29, 0.717) is 0 Å². The lowest BCUT2D eigenvalue weighted by atomic mass is 10.1. The molecule has 1 atom stereocenters. The zero-order chi connectivity index (χ0) is 27.2. The van der Waals surface area contributed by atoms with Crippen molar-refractivity contribution >= 4 is 27.5 Å². The Bertz CT molecular complexity index is 1330. The van der Waals surface area contributed by atoms with E-state index < -0.39 is 34.3 Å². The number of halogens is 1. The fraction of sp³-hybridized carbons (Fsp3) is 0.286. The topological polar surface area (TPSA) is 86.8 Å². The maximum absolute atomic E-state index is 14.9. The van der Waals surface area contributed by atoms with Gasteiger partial charge >= 0.3 is 0 Å². The van der Waals surface area contributed by atoms with Gasteiger partial charge in [-0.3, -0.25) is 13.9 Å². The monoisotopic (exact) mass is 525 g/mol. The van der Waals surface area contributed by atoms with E-state index in [1.807, 2.05) is 45.0 Å². The van der Waals surface area contributed by atoms with E-state index in [4.69, 9.17) is 0 Å². The largest absolute Gasteiger partial charge is 0.352 e. The Morgan fingerprint density at radius 1 is 0.892 bits per heavy atom. The Balaban J connectivity index is 2.02. The molecule has 0 spiro atoms. The van der Waals surface area contributed by atoms with Crippen LogP contribution in [-0.4, -0.2) is 43.8 Å². The van der Waals surface area contributed by atoms with Crippen LogP contribution >= 0.6 is 0 Å². The molecule has 196 valence electrons. The van der Waals surface area contributed by atoms with Crippen LogP contribution in [0, 0.1) is 12.7 Å². The third-order valence-electron chi connectivity index (χ3n) is 5.80. The van der Waals surface area contributed by atoms with Crippen molar-refractivity contribution < 1.29 is 22.4 Å². The van der Waals surface area contributed by atoms with E-state index in [1.165, 1.54) is 35.2 Å². The zero-order valence-electron chi connectivity index (χ0n) is 21.4. The number of benzene rings is 3. The summed E-state index contributed by atoms with van der Waals surface area (Å²) in [4.78, 5) is 27.8. The predicted molar refractivity (Wildman–Crippen MR) is 142 cm³/mol. The van der Waals surface area contributed by atoms with Gasteiger partial charge in [0.05, 0.1) is 10.6 Å². The number of anilines is 1. The lowest BCUT2D eigenvalue weighted by Crippen LogP contribution is -2.52. The number of aryl methyl sites for hydroxylation is 1. The third kappa shape index (κ3) is 6.95. The molecular weight excluding hydrogens is 493 g/mol. The first-order valence-electron chi connectivity index (χ1n) is 12.0. The van der Waals surface area contributed by atoms with Gasteiger partial charge in [-0.15, -0.1) is 0 Å². The Kier molecular flexibility index (Phi) is 9.04. The number of rotatable bonds is 10. The van der Waals surface area contributed by atoms with Gasteiger partial charge in [-0.2, -0.15) is 0 Å². The summed E-state index contributed by atoms with van der Waals surface area (Å²) in [6, 6.07) is 19.3.